The van der Waals surface area contributed by atoms with Crippen LogP contribution in [-0.2, 0) is 0 Å². The van der Waals surface area contributed by atoms with Gasteiger partial charge < -0.3 is 4.90 Å². The Labute approximate surface area is 332 Å². The molecule has 0 spiro atoms. The van der Waals surface area contributed by atoms with Crippen LogP contribution in [0.25, 0.3) is 75.8 Å². The summed E-state index contributed by atoms with van der Waals surface area (Å²) in [5.41, 5.74) is 15.4. The number of benzene rings is 9. The fraction of sp³-hybridized carbons (Fsp3) is 0. The van der Waals surface area contributed by atoms with Crippen LogP contribution >= 0.6 is 11.3 Å². The van der Waals surface area contributed by atoms with Crippen LogP contribution in [0.2, 0.25) is 0 Å². The molecular weight excluding hydrogens is 695 g/mol. The van der Waals surface area contributed by atoms with Crippen LogP contribution in [0.3, 0.4) is 0 Å². The molecule has 0 saturated carbocycles. The molecule has 0 fully saturated rings. The Balaban J connectivity index is 1.02. The number of hydrogen-bond donors (Lipinski definition) is 0. The minimum absolute atomic E-state index is 1.10. The van der Waals surface area contributed by atoms with Crippen molar-refractivity contribution < 1.29 is 0 Å². The lowest BCUT2D eigenvalue weighted by atomic mass is 9.91. The van der Waals surface area contributed by atoms with Crippen LogP contribution in [0.15, 0.2) is 224 Å². The van der Waals surface area contributed by atoms with Gasteiger partial charge >= 0.3 is 0 Å². The maximum absolute atomic E-state index is 2.35. The van der Waals surface area contributed by atoms with Crippen molar-refractivity contribution in [3.05, 3.63) is 224 Å². The number of anilines is 3. The molecule has 10 aromatic rings. The number of rotatable bonds is 8. The summed E-state index contributed by atoms with van der Waals surface area (Å²) in [7, 11) is 0. The van der Waals surface area contributed by atoms with Crippen molar-refractivity contribution >= 4 is 48.6 Å². The minimum atomic E-state index is 1.10. The zero-order valence-corrected chi connectivity index (χ0v) is 31.5. The van der Waals surface area contributed by atoms with Crippen LogP contribution < -0.4 is 4.90 Å². The Kier molecular flexibility index (Phi) is 8.79. The first-order valence-corrected chi connectivity index (χ1v) is 19.9. The molecule has 1 nitrogen and oxygen atoms in total. The number of fused-ring (bicyclic) bond motifs is 3. The van der Waals surface area contributed by atoms with E-state index in [1.807, 2.05) is 11.3 Å². The van der Waals surface area contributed by atoms with Crippen molar-refractivity contribution in [3.63, 3.8) is 0 Å². The van der Waals surface area contributed by atoms with Gasteiger partial charge in [0, 0.05) is 37.2 Å². The summed E-state index contributed by atoms with van der Waals surface area (Å²) >= 11 is 1.86. The molecular formula is C54H37NS. The van der Waals surface area contributed by atoms with Crippen molar-refractivity contribution in [2.75, 3.05) is 4.90 Å². The average molecular weight is 732 g/mol. The zero-order chi connectivity index (χ0) is 37.3. The summed E-state index contributed by atoms with van der Waals surface area (Å²) in [4.78, 5) is 2.35. The van der Waals surface area contributed by atoms with Gasteiger partial charge in [0.15, 0.2) is 0 Å². The Bertz CT molecular complexity index is 2910. The van der Waals surface area contributed by atoms with E-state index in [9.17, 15) is 0 Å². The number of thiophene rings is 1. The molecule has 2 heteroatoms. The molecule has 9 aromatic carbocycles. The van der Waals surface area contributed by atoms with E-state index in [4.69, 9.17) is 0 Å². The lowest BCUT2D eigenvalue weighted by Crippen LogP contribution is -2.09. The van der Waals surface area contributed by atoms with Gasteiger partial charge in [-0.1, -0.05) is 164 Å². The van der Waals surface area contributed by atoms with Crippen molar-refractivity contribution in [2.24, 2.45) is 0 Å². The highest BCUT2D eigenvalue weighted by atomic mass is 32.1. The molecule has 0 aliphatic heterocycles. The highest BCUT2D eigenvalue weighted by molar-refractivity contribution is 7.25. The van der Waals surface area contributed by atoms with Gasteiger partial charge in [0.25, 0.3) is 0 Å². The largest absolute Gasteiger partial charge is 0.311 e. The van der Waals surface area contributed by atoms with Crippen molar-refractivity contribution in [3.8, 4) is 55.6 Å². The summed E-state index contributed by atoms with van der Waals surface area (Å²) in [6, 6.07) is 81.3. The molecule has 264 valence electrons. The Morgan fingerprint density at radius 2 is 0.643 bits per heavy atom. The van der Waals surface area contributed by atoms with Gasteiger partial charge in [-0.25, -0.2) is 0 Å². The average Bonchev–Trinajstić information content (AvgIpc) is 3.66. The van der Waals surface area contributed by atoms with E-state index in [1.165, 1.54) is 75.8 Å². The molecule has 0 aliphatic rings. The molecule has 0 amide bonds. The smallest absolute Gasteiger partial charge is 0.0462 e. The Morgan fingerprint density at radius 1 is 0.250 bits per heavy atom. The van der Waals surface area contributed by atoms with Gasteiger partial charge in [-0.2, -0.15) is 0 Å². The molecule has 0 unspecified atom stereocenters. The summed E-state index contributed by atoms with van der Waals surface area (Å²) < 4.78 is 2.65. The second-order valence-corrected chi connectivity index (χ2v) is 15.2. The highest BCUT2D eigenvalue weighted by Gasteiger charge is 2.16. The van der Waals surface area contributed by atoms with Crippen molar-refractivity contribution in [2.45, 2.75) is 0 Å². The quantitative estimate of drug-likeness (QED) is 0.150. The second-order valence-electron chi connectivity index (χ2n) is 14.1. The fourth-order valence-corrected chi connectivity index (χ4v) is 8.93. The molecule has 0 aliphatic carbocycles. The molecule has 10 rings (SSSR count). The first-order chi connectivity index (χ1) is 27.7. The van der Waals surface area contributed by atoms with E-state index in [-0.39, 0.29) is 0 Å². The maximum Gasteiger partial charge on any atom is 0.0462 e. The van der Waals surface area contributed by atoms with E-state index in [0.29, 0.717) is 0 Å². The molecule has 0 saturated heterocycles. The van der Waals surface area contributed by atoms with Crippen molar-refractivity contribution in [1.29, 1.82) is 0 Å². The van der Waals surface area contributed by atoms with E-state index < -0.39 is 0 Å². The van der Waals surface area contributed by atoms with Crippen LogP contribution in [0, 0.1) is 0 Å². The Hall–Kier alpha value is -7.00. The zero-order valence-electron chi connectivity index (χ0n) is 30.7. The summed E-state index contributed by atoms with van der Waals surface area (Å²) in [6.07, 6.45) is 0. The van der Waals surface area contributed by atoms with Crippen LogP contribution in [0.1, 0.15) is 0 Å². The highest BCUT2D eigenvalue weighted by Crippen LogP contribution is 2.41. The third kappa shape index (κ3) is 6.47. The molecule has 0 bridgehead atoms. The van der Waals surface area contributed by atoms with Gasteiger partial charge in [-0.15, -0.1) is 11.3 Å². The summed E-state index contributed by atoms with van der Waals surface area (Å²) in [6.45, 7) is 0. The summed E-state index contributed by atoms with van der Waals surface area (Å²) in [5.74, 6) is 0. The first-order valence-electron chi connectivity index (χ1n) is 19.1. The normalized spacial score (nSPS) is 11.2. The lowest BCUT2D eigenvalue weighted by molar-refractivity contribution is 1.28. The predicted octanol–water partition coefficient (Wildman–Crippen LogP) is 15.9. The SMILES string of the molecule is c1ccc(-c2ccc(N(c3ccc(-c4ccc(-c5ccccc5)c(-c5ccccc5)c4)cc3)c3ccc(-c4ccc5sc6ccccc6c5c4)cc3)cc2)cc1. The van der Waals surface area contributed by atoms with E-state index >= 15 is 0 Å². The lowest BCUT2D eigenvalue weighted by Gasteiger charge is -2.26. The van der Waals surface area contributed by atoms with E-state index in [0.717, 1.165) is 17.1 Å². The van der Waals surface area contributed by atoms with E-state index in [1.54, 1.807) is 0 Å². The minimum Gasteiger partial charge on any atom is -0.311 e. The number of nitrogens with zero attached hydrogens (tertiary/aromatic N) is 1. The van der Waals surface area contributed by atoms with Gasteiger partial charge in [-0.05, 0) is 116 Å². The van der Waals surface area contributed by atoms with Crippen LogP contribution in [0.4, 0.5) is 17.1 Å². The standard InChI is InChI=1S/C54H37NS/c1-4-12-38(13-5-1)39-20-28-46(29-21-39)55(48-32-24-41(25-33-48)45-27-35-54-52(37-45)50-18-10-11-19-53(50)56-54)47-30-22-40(23-31-47)44-26-34-49(42-14-6-2-7-15-42)51(36-44)43-16-8-3-9-17-43/h1-37H. The molecule has 56 heavy (non-hydrogen) atoms. The van der Waals surface area contributed by atoms with Gasteiger partial charge in [0.2, 0.25) is 0 Å². The van der Waals surface area contributed by atoms with Crippen LogP contribution in [0.5, 0.6) is 0 Å². The van der Waals surface area contributed by atoms with E-state index in [2.05, 4.69) is 229 Å². The fourth-order valence-electron chi connectivity index (χ4n) is 7.84. The second kappa shape index (κ2) is 14.7. The molecule has 1 aromatic heterocycles. The third-order valence-electron chi connectivity index (χ3n) is 10.7. The first kappa shape index (κ1) is 33.6. The van der Waals surface area contributed by atoms with Gasteiger partial charge in [0.05, 0.1) is 0 Å². The monoisotopic (exact) mass is 731 g/mol. The van der Waals surface area contributed by atoms with Gasteiger partial charge in [-0.3, -0.25) is 0 Å². The third-order valence-corrected chi connectivity index (χ3v) is 11.9. The summed E-state index contributed by atoms with van der Waals surface area (Å²) in [5, 5.41) is 2.64. The molecule has 1 heterocycles. The molecule has 0 N–H and O–H groups in total. The van der Waals surface area contributed by atoms with Crippen molar-refractivity contribution in [1.82, 2.24) is 0 Å². The maximum atomic E-state index is 2.35. The molecule has 0 radical (unpaired) electrons. The van der Waals surface area contributed by atoms with Gasteiger partial charge in [0.1, 0.15) is 0 Å². The Morgan fingerprint density at radius 3 is 1.21 bits per heavy atom. The molecule has 0 atom stereocenters. The number of hydrogen-bond acceptors (Lipinski definition) is 2. The predicted molar refractivity (Wildman–Crippen MR) is 241 cm³/mol. The topological polar surface area (TPSA) is 3.24 Å². The van der Waals surface area contributed by atoms with Crippen LogP contribution in [-0.4, -0.2) is 0 Å².